The molecule has 0 bridgehead atoms. The van der Waals surface area contributed by atoms with Crippen molar-refractivity contribution in [3.63, 3.8) is 0 Å². The molecule has 47 heavy (non-hydrogen) atoms. The van der Waals surface area contributed by atoms with Crippen LogP contribution in [0.25, 0.3) is 28.0 Å². The Kier molecular flexibility index (Phi) is 11.9. The van der Waals surface area contributed by atoms with Gasteiger partial charge in [-0.2, -0.15) is 18.2 Å². The lowest BCUT2D eigenvalue weighted by Crippen LogP contribution is -2.25. The molecule has 8 nitrogen and oxygen atoms in total. The third kappa shape index (κ3) is 9.01. The van der Waals surface area contributed by atoms with E-state index in [4.69, 9.17) is 11.5 Å². The van der Waals surface area contributed by atoms with Gasteiger partial charge in [-0.1, -0.05) is 19.4 Å². The zero-order valence-corrected chi connectivity index (χ0v) is 26.2. The van der Waals surface area contributed by atoms with Gasteiger partial charge < -0.3 is 21.8 Å². The van der Waals surface area contributed by atoms with Crippen molar-refractivity contribution in [2.24, 2.45) is 16.5 Å². The van der Waals surface area contributed by atoms with Crippen LogP contribution in [0, 0.1) is 11.6 Å². The van der Waals surface area contributed by atoms with Crippen LogP contribution in [-0.4, -0.2) is 46.2 Å². The summed E-state index contributed by atoms with van der Waals surface area (Å²) >= 11 is 0. The maximum atomic E-state index is 15.5. The lowest BCUT2D eigenvalue weighted by atomic mass is 9.98. The molecule has 0 saturated carbocycles. The van der Waals surface area contributed by atoms with Gasteiger partial charge in [0, 0.05) is 41.3 Å². The van der Waals surface area contributed by atoms with Crippen LogP contribution in [0.15, 0.2) is 52.4 Å². The molecule has 2 unspecified atom stereocenters. The number of halogens is 6. The topological polar surface area (TPSA) is 127 Å². The summed E-state index contributed by atoms with van der Waals surface area (Å²) in [7, 11) is 0. The van der Waals surface area contributed by atoms with Gasteiger partial charge in [0.1, 0.15) is 24.0 Å². The highest BCUT2D eigenvalue weighted by Gasteiger charge is 2.36. The SMILES string of the molecule is CCCC(NCCCN=C(C)N)c1ccc(-n2cc3cc(-c4cc(CCCC(N)CF)cc(C(F)(F)F)c4F)[nH]c3nc2=O)cc1F. The second kappa shape index (κ2) is 15.6. The normalized spacial score (nSPS) is 13.8. The number of amidine groups is 1. The van der Waals surface area contributed by atoms with Crippen LogP contribution < -0.4 is 22.5 Å². The Balaban J connectivity index is 1.65. The molecular weight excluding hydrogens is 624 g/mol. The number of hydrogen-bond acceptors (Lipinski definition) is 5. The summed E-state index contributed by atoms with van der Waals surface area (Å²) in [5.74, 6) is -1.52. The lowest BCUT2D eigenvalue weighted by molar-refractivity contribution is -0.140. The number of aromatic amines is 1. The van der Waals surface area contributed by atoms with Gasteiger partial charge in [0.15, 0.2) is 0 Å². The summed E-state index contributed by atoms with van der Waals surface area (Å²) in [4.78, 5) is 23.9. The van der Waals surface area contributed by atoms with Crippen LogP contribution >= 0.6 is 0 Å². The number of benzene rings is 2. The Labute approximate surface area is 268 Å². The number of hydrogen-bond donors (Lipinski definition) is 4. The minimum atomic E-state index is -4.97. The summed E-state index contributed by atoms with van der Waals surface area (Å²) in [6, 6.07) is 6.79. The maximum absolute atomic E-state index is 15.5. The van der Waals surface area contributed by atoms with E-state index in [1.54, 1.807) is 19.1 Å². The Morgan fingerprint density at radius 1 is 1.13 bits per heavy atom. The van der Waals surface area contributed by atoms with Crippen molar-refractivity contribution in [1.29, 1.82) is 0 Å². The Hall–Kier alpha value is -4.17. The third-order valence-electron chi connectivity index (χ3n) is 7.78. The summed E-state index contributed by atoms with van der Waals surface area (Å²) in [5.41, 5.74) is 9.37. The highest BCUT2D eigenvalue weighted by molar-refractivity contribution is 5.83. The molecule has 14 heteroatoms. The van der Waals surface area contributed by atoms with Gasteiger partial charge in [0.2, 0.25) is 0 Å². The Morgan fingerprint density at radius 3 is 2.55 bits per heavy atom. The molecule has 0 radical (unpaired) electrons. The van der Waals surface area contributed by atoms with E-state index in [-0.39, 0.29) is 52.4 Å². The van der Waals surface area contributed by atoms with E-state index >= 15 is 8.78 Å². The van der Waals surface area contributed by atoms with Crippen LogP contribution in [0.4, 0.5) is 26.3 Å². The highest BCUT2D eigenvalue weighted by atomic mass is 19.4. The van der Waals surface area contributed by atoms with E-state index in [1.807, 2.05) is 6.92 Å². The van der Waals surface area contributed by atoms with E-state index in [9.17, 15) is 22.4 Å². The van der Waals surface area contributed by atoms with Crippen molar-refractivity contribution in [3.8, 4) is 16.9 Å². The molecule has 0 amide bonds. The first-order valence-electron chi connectivity index (χ1n) is 15.5. The summed E-state index contributed by atoms with van der Waals surface area (Å²) in [6.07, 6.45) is -0.749. The van der Waals surface area contributed by atoms with Crippen molar-refractivity contribution in [2.45, 2.75) is 70.6 Å². The van der Waals surface area contributed by atoms with Gasteiger partial charge in [-0.25, -0.2) is 18.0 Å². The van der Waals surface area contributed by atoms with Crippen molar-refractivity contribution in [1.82, 2.24) is 19.9 Å². The number of aliphatic imine (C=N–C) groups is 1. The summed E-state index contributed by atoms with van der Waals surface area (Å²) in [6.45, 7) is 4.09. The highest BCUT2D eigenvalue weighted by Crippen LogP contribution is 2.37. The smallest absolute Gasteiger partial charge is 0.388 e. The quantitative estimate of drug-likeness (QED) is 0.0500. The number of rotatable bonds is 15. The third-order valence-corrected chi connectivity index (χ3v) is 7.78. The number of nitrogens with two attached hydrogens (primary N) is 2. The fourth-order valence-corrected chi connectivity index (χ4v) is 5.42. The van der Waals surface area contributed by atoms with E-state index in [0.717, 1.165) is 23.5 Å². The van der Waals surface area contributed by atoms with Gasteiger partial charge in [-0.05, 0) is 81.5 Å². The first-order valence-corrected chi connectivity index (χ1v) is 15.5. The minimum absolute atomic E-state index is 0.0204. The molecule has 6 N–H and O–H groups in total. The number of aryl methyl sites for hydroxylation is 1. The lowest BCUT2D eigenvalue weighted by Gasteiger charge is -2.20. The van der Waals surface area contributed by atoms with Crippen molar-refractivity contribution in [2.75, 3.05) is 19.8 Å². The number of nitrogens with zero attached hydrogens (tertiary/aromatic N) is 3. The second-order valence-electron chi connectivity index (χ2n) is 11.6. The van der Waals surface area contributed by atoms with E-state index in [2.05, 4.69) is 20.3 Å². The van der Waals surface area contributed by atoms with Crippen molar-refractivity contribution in [3.05, 3.63) is 81.4 Å². The van der Waals surface area contributed by atoms with Gasteiger partial charge in [-0.3, -0.25) is 9.56 Å². The van der Waals surface area contributed by atoms with Gasteiger partial charge in [-0.15, -0.1) is 0 Å². The van der Waals surface area contributed by atoms with Crippen LogP contribution in [-0.2, 0) is 12.6 Å². The fraction of sp³-hybridized carbons (Fsp3) is 0.424. The first-order chi connectivity index (χ1) is 22.3. The Morgan fingerprint density at radius 2 is 1.89 bits per heavy atom. The van der Waals surface area contributed by atoms with E-state index < -0.39 is 41.8 Å². The molecule has 2 atom stereocenters. The molecule has 0 spiro atoms. The molecule has 0 aliphatic heterocycles. The molecule has 0 aliphatic carbocycles. The Bertz CT molecular complexity index is 1760. The molecule has 2 aromatic heterocycles. The molecular formula is C33H39F6N7O. The summed E-state index contributed by atoms with van der Waals surface area (Å²) < 4.78 is 85.9. The molecule has 0 fully saturated rings. The number of H-pyrrole nitrogens is 1. The molecule has 0 aliphatic rings. The first kappa shape index (κ1) is 35.7. The largest absolute Gasteiger partial charge is 0.419 e. The van der Waals surface area contributed by atoms with Crippen LogP contribution in [0.3, 0.4) is 0 Å². The monoisotopic (exact) mass is 663 g/mol. The summed E-state index contributed by atoms with van der Waals surface area (Å²) in [5, 5.41) is 3.64. The standard InChI is InChI=1S/C33H39F6N7O/c1-3-6-28(43-12-5-11-42-19(2)40)24-10-9-23(16-27(24)35)46-18-21-15-29(44-31(21)45-32(46)47)25-13-20(7-4-8-22(41)17-34)14-26(30(25)36)33(37,38)39/h9-10,13-16,18,22,28,43H,3-8,11-12,17,41H2,1-2H3,(H2,40,42)(H,44,45,47). The predicted octanol–water partition coefficient (Wildman–Crippen LogP) is 6.50. The van der Waals surface area contributed by atoms with Crippen molar-refractivity contribution < 1.29 is 26.3 Å². The zero-order valence-electron chi connectivity index (χ0n) is 26.2. The zero-order chi connectivity index (χ0) is 34.3. The molecule has 0 saturated heterocycles. The maximum Gasteiger partial charge on any atom is 0.419 e. The molecule has 254 valence electrons. The molecule has 4 aromatic rings. The fourth-order valence-electron chi connectivity index (χ4n) is 5.42. The minimum Gasteiger partial charge on any atom is -0.388 e. The van der Waals surface area contributed by atoms with Gasteiger partial charge >= 0.3 is 11.9 Å². The number of aromatic nitrogens is 3. The molecule has 2 aromatic carbocycles. The number of alkyl halides is 4. The van der Waals surface area contributed by atoms with Crippen LogP contribution in [0.5, 0.6) is 0 Å². The van der Waals surface area contributed by atoms with Crippen molar-refractivity contribution >= 4 is 16.9 Å². The van der Waals surface area contributed by atoms with E-state index in [1.165, 1.54) is 24.4 Å². The van der Waals surface area contributed by atoms with Crippen LogP contribution in [0.2, 0.25) is 0 Å². The van der Waals surface area contributed by atoms with Gasteiger partial charge in [0.05, 0.1) is 22.8 Å². The van der Waals surface area contributed by atoms with E-state index in [0.29, 0.717) is 37.3 Å². The second-order valence-corrected chi connectivity index (χ2v) is 11.6. The molecule has 4 rings (SSSR count). The predicted molar refractivity (Wildman–Crippen MR) is 171 cm³/mol. The van der Waals surface area contributed by atoms with Gasteiger partial charge in [0.25, 0.3) is 0 Å². The number of fused-ring (bicyclic) bond motifs is 1. The average Bonchev–Trinajstić information content (AvgIpc) is 3.42. The van der Waals surface area contributed by atoms with Crippen LogP contribution in [0.1, 0.15) is 68.7 Å². The average molecular weight is 664 g/mol. The number of nitrogens with one attached hydrogen (secondary N) is 2. The molecule has 2 heterocycles.